The first-order chi connectivity index (χ1) is 10.9. The summed E-state index contributed by atoms with van der Waals surface area (Å²) < 4.78 is 1.98. The summed E-state index contributed by atoms with van der Waals surface area (Å²) in [4.78, 5) is 0. The van der Waals surface area contributed by atoms with Gasteiger partial charge < -0.3 is 10.6 Å². The minimum atomic E-state index is 0.546. The average Bonchev–Trinajstić information content (AvgIpc) is 2.75. The second-order valence-electron chi connectivity index (χ2n) is 6.06. The third kappa shape index (κ3) is 4.94. The number of anilines is 1. The largest absolute Gasteiger partial charge is 0.362 e. The maximum absolute atomic E-state index is 5.93. The van der Waals surface area contributed by atoms with E-state index >= 15 is 0 Å². The molecular formula is C17H23ClN4S. The zero-order chi connectivity index (χ0) is 17.0. The van der Waals surface area contributed by atoms with E-state index in [0.29, 0.717) is 17.6 Å². The summed E-state index contributed by atoms with van der Waals surface area (Å²) in [6, 6.07) is 7.82. The summed E-state index contributed by atoms with van der Waals surface area (Å²) in [5, 5.41) is 12.5. The van der Waals surface area contributed by atoms with Crippen molar-refractivity contribution in [2.75, 3.05) is 11.9 Å². The summed E-state index contributed by atoms with van der Waals surface area (Å²) in [5.74, 6) is 0.546. The fraction of sp³-hybridized carbons (Fsp3) is 0.412. The van der Waals surface area contributed by atoms with Gasteiger partial charge >= 0.3 is 0 Å². The lowest BCUT2D eigenvalue weighted by Gasteiger charge is -2.12. The van der Waals surface area contributed by atoms with E-state index < -0.39 is 0 Å². The van der Waals surface area contributed by atoms with E-state index in [9.17, 15) is 0 Å². The lowest BCUT2D eigenvalue weighted by molar-refractivity contribution is 0.627. The number of nitrogens with one attached hydrogen (secondary N) is 2. The molecule has 23 heavy (non-hydrogen) atoms. The van der Waals surface area contributed by atoms with Crippen LogP contribution in [-0.2, 0) is 6.54 Å². The molecule has 1 aromatic heterocycles. The standard InChI is InChI=1S/C17H23ClN4S/c1-11(2)9-19-17(23)20-16-12(3)21-22(13(16)4)10-14-5-7-15(18)8-6-14/h5-8,11H,9-10H2,1-4H3,(H2,19,20,23). The molecule has 0 saturated carbocycles. The Morgan fingerprint density at radius 2 is 1.91 bits per heavy atom. The third-order valence-electron chi connectivity index (χ3n) is 3.54. The Bertz CT molecular complexity index is 677. The molecule has 6 heteroatoms. The molecule has 0 unspecified atom stereocenters. The van der Waals surface area contributed by atoms with Crippen molar-refractivity contribution >= 4 is 34.6 Å². The van der Waals surface area contributed by atoms with Crippen LogP contribution in [0.5, 0.6) is 0 Å². The topological polar surface area (TPSA) is 41.9 Å². The van der Waals surface area contributed by atoms with Gasteiger partial charge in [0.1, 0.15) is 0 Å². The number of aryl methyl sites for hydroxylation is 1. The molecule has 0 radical (unpaired) electrons. The molecule has 4 nitrogen and oxygen atoms in total. The highest BCUT2D eigenvalue weighted by molar-refractivity contribution is 7.80. The minimum absolute atomic E-state index is 0.546. The maximum Gasteiger partial charge on any atom is 0.170 e. The van der Waals surface area contributed by atoms with E-state index in [2.05, 4.69) is 29.6 Å². The van der Waals surface area contributed by atoms with Crippen molar-refractivity contribution in [1.29, 1.82) is 0 Å². The maximum atomic E-state index is 5.93. The van der Waals surface area contributed by atoms with Gasteiger partial charge in [-0.3, -0.25) is 4.68 Å². The molecular weight excluding hydrogens is 328 g/mol. The fourth-order valence-corrected chi connectivity index (χ4v) is 2.56. The highest BCUT2D eigenvalue weighted by Gasteiger charge is 2.13. The van der Waals surface area contributed by atoms with Crippen molar-refractivity contribution in [1.82, 2.24) is 15.1 Å². The van der Waals surface area contributed by atoms with E-state index in [0.717, 1.165) is 34.2 Å². The van der Waals surface area contributed by atoms with Crippen LogP contribution in [0.1, 0.15) is 30.8 Å². The lowest BCUT2D eigenvalue weighted by Crippen LogP contribution is -2.31. The summed E-state index contributed by atoms with van der Waals surface area (Å²) in [5.41, 5.74) is 4.13. The quantitative estimate of drug-likeness (QED) is 0.795. The van der Waals surface area contributed by atoms with E-state index in [-0.39, 0.29) is 0 Å². The molecule has 2 N–H and O–H groups in total. The number of thiocarbonyl (C=S) groups is 1. The Labute approximate surface area is 148 Å². The number of halogens is 1. The summed E-state index contributed by atoms with van der Waals surface area (Å²) in [7, 11) is 0. The highest BCUT2D eigenvalue weighted by atomic mass is 35.5. The van der Waals surface area contributed by atoms with Crippen molar-refractivity contribution in [3.8, 4) is 0 Å². The second-order valence-corrected chi connectivity index (χ2v) is 6.90. The predicted octanol–water partition coefficient (Wildman–Crippen LogP) is 4.14. The van der Waals surface area contributed by atoms with Crippen molar-refractivity contribution in [2.45, 2.75) is 34.2 Å². The Morgan fingerprint density at radius 1 is 1.26 bits per heavy atom. The van der Waals surface area contributed by atoms with Crippen LogP contribution in [-0.4, -0.2) is 21.4 Å². The first-order valence-electron chi connectivity index (χ1n) is 7.70. The average molecular weight is 351 g/mol. The van der Waals surface area contributed by atoms with Gasteiger partial charge in [-0.25, -0.2) is 0 Å². The van der Waals surface area contributed by atoms with Gasteiger partial charge in [-0.15, -0.1) is 0 Å². The first-order valence-corrected chi connectivity index (χ1v) is 8.48. The van der Waals surface area contributed by atoms with Crippen molar-refractivity contribution in [2.24, 2.45) is 5.92 Å². The molecule has 0 aliphatic carbocycles. The zero-order valence-electron chi connectivity index (χ0n) is 14.0. The monoisotopic (exact) mass is 350 g/mol. The molecule has 2 aromatic rings. The molecule has 0 spiro atoms. The molecule has 1 heterocycles. The summed E-state index contributed by atoms with van der Waals surface area (Å²) >= 11 is 11.3. The van der Waals surface area contributed by atoms with Gasteiger partial charge in [-0.2, -0.15) is 5.10 Å². The molecule has 0 amide bonds. The minimum Gasteiger partial charge on any atom is -0.362 e. The molecule has 124 valence electrons. The van der Waals surface area contributed by atoms with Crippen LogP contribution in [0.4, 0.5) is 5.69 Å². The van der Waals surface area contributed by atoms with Gasteiger partial charge in [-0.05, 0) is 49.7 Å². The van der Waals surface area contributed by atoms with Crippen LogP contribution in [0.25, 0.3) is 0 Å². The van der Waals surface area contributed by atoms with Crippen molar-refractivity contribution in [3.05, 3.63) is 46.2 Å². The van der Waals surface area contributed by atoms with Gasteiger partial charge in [0.05, 0.1) is 23.6 Å². The number of aromatic nitrogens is 2. The number of rotatable bonds is 5. The van der Waals surface area contributed by atoms with E-state index in [1.165, 1.54) is 0 Å². The van der Waals surface area contributed by atoms with Gasteiger partial charge in [0.25, 0.3) is 0 Å². The fourth-order valence-electron chi connectivity index (χ4n) is 2.25. The Morgan fingerprint density at radius 3 is 2.52 bits per heavy atom. The molecule has 0 fully saturated rings. The molecule has 0 aliphatic rings. The van der Waals surface area contributed by atoms with Crippen LogP contribution in [0, 0.1) is 19.8 Å². The molecule has 0 bridgehead atoms. The number of nitrogens with zero attached hydrogens (tertiary/aromatic N) is 2. The number of hydrogen-bond acceptors (Lipinski definition) is 2. The normalized spacial score (nSPS) is 10.9. The van der Waals surface area contributed by atoms with Gasteiger partial charge in [-0.1, -0.05) is 37.6 Å². The summed E-state index contributed by atoms with van der Waals surface area (Å²) in [6.07, 6.45) is 0. The van der Waals surface area contributed by atoms with E-state index in [4.69, 9.17) is 23.8 Å². The highest BCUT2D eigenvalue weighted by Crippen LogP contribution is 2.21. The smallest absolute Gasteiger partial charge is 0.170 e. The lowest BCUT2D eigenvalue weighted by atomic mass is 10.2. The first kappa shape index (κ1) is 17.8. The molecule has 0 saturated heterocycles. The van der Waals surface area contributed by atoms with Crippen LogP contribution in [0.3, 0.4) is 0 Å². The van der Waals surface area contributed by atoms with Gasteiger partial charge in [0, 0.05) is 11.6 Å². The SMILES string of the molecule is Cc1nn(Cc2ccc(Cl)cc2)c(C)c1NC(=S)NCC(C)C. The number of hydrogen-bond donors (Lipinski definition) is 2. The zero-order valence-corrected chi connectivity index (χ0v) is 15.6. The van der Waals surface area contributed by atoms with Gasteiger partial charge in [0.2, 0.25) is 0 Å². The third-order valence-corrected chi connectivity index (χ3v) is 4.03. The van der Waals surface area contributed by atoms with Crippen LogP contribution in [0.2, 0.25) is 5.02 Å². The Balaban J connectivity index is 2.09. The Hall–Kier alpha value is -1.59. The van der Waals surface area contributed by atoms with Crippen LogP contribution in [0.15, 0.2) is 24.3 Å². The van der Waals surface area contributed by atoms with Gasteiger partial charge in [0.15, 0.2) is 5.11 Å². The van der Waals surface area contributed by atoms with E-state index in [1.54, 1.807) is 0 Å². The van der Waals surface area contributed by atoms with Crippen molar-refractivity contribution in [3.63, 3.8) is 0 Å². The summed E-state index contributed by atoms with van der Waals surface area (Å²) in [6.45, 7) is 9.88. The van der Waals surface area contributed by atoms with Crippen LogP contribution < -0.4 is 10.6 Å². The molecule has 0 aliphatic heterocycles. The van der Waals surface area contributed by atoms with Crippen molar-refractivity contribution < 1.29 is 0 Å². The second kappa shape index (κ2) is 7.79. The number of benzene rings is 1. The Kier molecular flexibility index (Phi) is 6.02. The molecule has 0 atom stereocenters. The molecule has 2 rings (SSSR count). The van der Waals surface area contributed by atoms with E-state index in [1.807, 2.05) is 42.8 Å². The predicted molar refractivity (Wildman–Crippen MR) is 101 cm³/mol. The van der Waals surface area contributed by atoms with Crippen LogP contribution >= 0.6 is 23.8 Å². The molecule has 1 aromatic carbocycles.